The average molecular weight is 444 g/mol. The van der Waals surface area contributed by atoms with E-state index >= 15 is 0 Å². The van der Waals surface area contributed by atoms with Crippen molar-refractivity contribution in [2.24, 2.45) is 5.73 Å². The number of carbonyl (C=O) groups excluding carboxylic acids is 2. The molecule has 138 valence electrons. The van der Waals surface area contributed by atoms with Crippen LogP contribution in [0, 0.1) is 0 Å². The van der Waals surface area contributed by atoms with Gasteiger partial charge in [0.05, 0.1) is 4.47 Å². The Bertz CT molecular complexity index is 971. The van der Waals surface area contributed by atoms with Crippen LogP contribution in [0.15, 0.2) is 44.5 Å². The smallest absolute Gasteiger partial charge is 0.328 e. The molecule has 1 aromatic carbocycles. The zero-order valence-corrected chi connectivity index (χ0v) is 16.1. The van der Waals surface area contributed by atoms with Gasteiger partial charge in [-0.3, -0.25) is 23.9 Å². The van der Waals surface area contributed by atoms with Crippen LogP contribution < -0.4 is 22.3 Å². The lowest BCUT2D eigenvalue weighted by Gasteiger charge is -2.28. The second kappa shape index (κ2) is 7.88. The van der Waals surface area contributed by atoms with Crippen molar-refractivity contribution in [3.05, 3.63) is 66.4 Å². The van der Waals surface area contributed by atoms with Gasteiger partial charge in [-0.2, -0.15) is 0 Å². The first-order chi connectivity index (χ1) is 12.1. The lowest BCUT2D eigenvalue weighted by atomic mass is 9.91. The number of H-pyrrole nitrogens is 1. The number of hydrogen-bond acceptors (Lipinski definition) is 4. The van der Waals surface area contributed by atoms with Gasteiger partial charge >= 0.3 is 5.69 Å². The van der Waals surface area contributed by atoms with Crippen molar-refractivity contribution in [3.63, 3.8) is 0 Å². The Labute approximate surface area is 161 Å². The van der Waals surface area contributed by atoms with Crippen molar-refractivity contribution in [3.8, 4) is 0 Å². The number of primary amides is 1. The number of carbonyl (C=O) groups is 2. The van der Waals surface area contributed by atoms with E-state index in [9.17, 15) is 19.2 Å². The van der Waals surface area contributed by atoms with Gasteiger partial charge in [-0.05, 0) is 40.5 Å². The molecule has 0 aliphatic heterocycles. The molecule has 0 aliphatic rings. The Morgan fingerprint density at radius 1 is 1.38 bits per heavy atom. The van der Waals surface area contributed by atoms with Gasteiger partial charge in [0, 0.05) is 24.2 Å². The molecular formula is C16H16BrClN4O4. The SMILES string of the molecule is CC(NC(=O)CCn1cc(Br)c(=O)[nH]c1=O)(C(N)=O)c1cccc(Cl)c1. The van der Waals surface area contributed by atoms with Gasteiger partial charge in [-0.25, -0.2) is 4.79 Å². The largest absolute Gasteiger partial charge is 0.367 e. The van der Waals surface area contributed by atoms with E-state index in [4.69, 9.17) is 17.3 Å². The molecule has 0 fully saturated rings. The molecule has 8 nitrogen and oxygen atoms in total. The highest BCUT2D eigenvalue weighted by molar-refractivity contribution is 9.10. The average Bonchev–Trinajstić information content (AvgIpc) is 2.56. The van der Waals surface area contributed by atoms with E-state index in [1.807, 2.05) is 0 Å². The number of nitrogens with one attached hydrogen (secondary N) is 2. The fourth-order valence-electron chi connectivity index (χ4n) is 2.29. The van der Waals surface area contributed by atoms with Crippen molar-refractivity contribution < 1.29 is 9.59 Å². The van der Waals surface area contributed by atoms with Gasteiger partial charge in [-0.1, -0.05) is 23.7 Å². The van der Waals surface area contributed by atoms with Crippen LogP contribution in [0.2, 0.25) is 5.02 Å². The standard InChI is InChI=1S/C16H16BrClN4O4/c1-16(14(19)25,9-3-2-4-10(18)7-9)21-12(23)5-6-22-8-11(17)13(24)20-15(22)26/h2-4,7-8H,5-6H2,1H3,(H2,19,25)(H,21,23)(H,20,24,26). The van der Waals surface area contributed by atoms with Gasteiger partial charge in [-0.15, -0.1) is 0 Å². The molecule has 0 saturated heterocycles. The molecule has 0 bridgehead atoms. The molecule has 0 saturated carbocycles. The van der Waals surface area contributed by atoms with Crippen LogP contribution in [0.4, 0.5) is 0 Å². The number of benzene rings is 1. The van der Waals surface area contributed by atoms with Crippen molar-refractivity contribution in [1.82, 2.24) is 14.9 Å². The predicted molar refractivity (Wildman–Crippen MR) is 99.8 cm³/mol. The third-order valence-electron chi connectivity index (χ3n) is 3.83. The molecule has 0 radical (unpaired) electrons. The van der Waals surface area contributed by atoms with Gasteiger partial charge in [0.25, 0.3) is 5.56 Å². The highest BCUT2D eigenvalue weighted by Crippen LogP contribution is 2.23. The molecule has 4 N–H and O–H groups in total. The number of aromatic nitrogens is 2. The zero-order valence-electron chi connectivity index (χ0n) is 13.7. The van der Waals surface area contributed by atoms with Crippen LogP contribution in [-0.2, 0) is 21.7 Å². The van der Waals surface area contributed by atoms with Crippen molar-refractivity contribution in [2.75, 3.05) is 0 Å². The highest BCUT2D eigenvalue weighted by Gasteiger charge is 2.35. The fraction of sp³-hybridized carbons (Fsp3) is 0.250. The summed E-state index contributed by atoms with van der Waals surface area (Å²) in [5.74, 6) is -1.25. The monoisotopic (exact) mass is 442 g/mol. The third kappa shape index (κ3) is 4.41. The third-order valence-corrected chi connectivity index (χ3v) is 4.63. The summed E-state index contributed by atoms with van der Waals surface area (Å²) >= 11 is 8.96. The number of hydrogen-bond donors (Lipinski definition) is 3. The Morgan fingerprint density at radius 2 is 2.08 bits per heavy atom. The number of halogens is 2. The second-order valence-corrected chi connectivity index (χ2v) is 7.02. The van der Waals surface area contributed by atoms with E-state index in [1.165, 1.54) is 23.8 Å². The topological polar surface area (TPSA) is 127 Å². The van der Waals surface area contributed by atoms with Crippen LogP contribution >= 0.6 is 27.5 Å². The summed E-state index contributed by atoms with van der Waals surface area (Å²) < 4.78 is 1.34. The maximum absolute atomic E-state index is 12.3. The first-order valence-corrected chi connectivity index (χ1v) is 8.67. The predicted octanol–water partition coefficient (Wildman–Crippen LogP) is 0.860. The Balaban J connectivity index is 2.16. The Hall–Kier alpha value is -2.39. The van der Waals surface area contributed by atoms with Gasteiger partial charge in [0.15, 0.2) is 0 Å². The number of aromatic amines is 1. The molecule has 0 aliphatic carbocycles. The molecule has 1 atom stereocenters. The van der Waals surface area contributed by atoms with E-state index in [2.05, 4.69) is 26.2 Å². The minimum atomic E-state index is -1.46. The summed E-state index contributed by atoms with van der Waals surface area (Å²) in [6, 6.07) is 6.44. The number of aryl methyl sites for hydroxylation is 1. The quantitative estimate of drug-likeness (QED) is 0.612. The van der Waals surface area contributed by atoms with Crippen LogP contribution in [0.25, 0.3) is 0 Å². The zero-order chi connectivity index (χ0) is 19.5. The number of amides is 2. The summed E-state index contributed by atoms with van der Waals surface area (Å²) in [5, 5.41) is 2.98. The molecular weight excluding hydrogens is 428 g/mol. The normalized spacial score (nSPS) is 13.0. The molecule has 0 spiro atoms. The first kappa shape index (κ1) is 19.9. The maximum Gasteiger partial charge on any atom is 0.328 e. The lowest BCUT2D eigenvalue weighted by Crippen LogP contribution is -2.53. The molecule has 26 heavy (non-hydrogen) atoms. The van der Waals surface area contributed by atoms with Crippen LogP contribution in [0.1, 0.15) is 18.9 Å². The fourth-order valence-corrected chi connectivity index (χ4v) is 2.82. The van der Waals surface area contributed by atoms with Crippen LogP contribution in [-0.4, -0.2) is 21.4 Å². The molecule has 2 rings (SSSR count). The summed E-state index contributed by atoms with van der Waals surface area (Å²) in [5.41, 5.74) is 3.25. The van der Waals surface area contributed by atoms with Crippen molar-refractivity contribution in [2.45, 2.75) is 25.4 Å². The first-order valence-electron chi connectivity index (χ1n) is 7.49. The van der Waals surface area contributed by atoms with E-state index in [0.29, 0.717) is 10.6 Å². The second-order valence-electron chi connectivity index (χ2n) is 5.73. The van der Waals surface area contributed by atoms with Crippen molar-refractivity contribution >= 4 is 39.3 Å². The minimum Gasteiger partial charge on any atom is -0.367 e. The summed E-state index contributed by atoms with van der Waals surface area (Å²) in [6.45, 7) is 1.48. The van der Waals surface area contributed by atoms with Crippen LogP contribution in [0.3, 0.4) is 0 Å². The summed E-state index contributed by atoms with van der Waals surface area (Å²) in [7, 11) is 0. The molecule has 1 aromatic heterocycles. The number of nitrogens with zero attached hydrogens (tertiary/aromatic N) is 1. The summed E-state index contributed by atoms with van der Waals surface area (Å²) in [6.07, 6.45) is 1.18. The van der Waals surface area contributed by atoms with Gasteiger partial charge in [0.1, 0.15) is 5.54 Å². The van der Waals surface area contributed by atoms with E-state index in [1.54, 1.807) is 18.2 Å². The molecule has 1 unspecified atom stereocenters. The van der Waals surface area contributed by atoms with Gasteiger partial charge in [0.2, 0.25) is 11.8 Å². The molecule has 2 aromatic rings. The van der Waals surface area contributed by atoms with E-state index in [0.717, 1.165) is 0 Å². The van der Waals surface area contributed by atoms with Crippen molar-refractivity contribution in [1.29, 1.82) is 0 Å². The number of nitrogens with two attached hydrogens (primary N) is 1. The minimum absolute atomic E-state index is 0.00440. The lowest BCUT2D eigenvalue weighted by molar-refractivity contribution is -0.131. The Morgan fingerprint density at radius 3 is 2.69 bits per heavy atom. The molecule has 1 heterocycles. The van der Waals surface area contributed by atoms with Gasteiger partial charge < -0.3 is 11.1 Å². The molecule has 2 amide bonds. The number of rotatable bonds is 6. The van der Waals surface area contributed by atoms with Crippen LogP contribution in [0.5, 0.6) is 0 Å². The highest BCUT2D eigenvalue weighted by atomic mass is 79.9. The summed E-state index contributed by atoms with van der Waals surface area (Å²) in [4.78, 5) is 49.4. The maximum atomic E-state index is 12.3. The van der Waals surface area contributed by atoms with E-state index in [-0.39, 0.29) is 17.4 Å². The Kier molecular flexibility index (Phi) is 6.04. The van der Waals surface area contributed by atoms with E-state index < -0.39 is 28.6 Å². The molecule has 10 heteroatoms.